The molecule has 190 valence electrons. The lowest BCUT2D eigenvalue weighted by Gasteiger charge is -2.13. The Labute approximate surface area is 214 Å². The van der Waals surface area contributed by atoms with Gasteiger partial charge in [0.2, 0.25) is 5.95 Å². The number of H-pyrrole nitrogens is 1. The molecule has 0 unspecified atom stereocenters. The number of hydrogen-bond donors (Lipinski definition) is 5. The first kappa shape index (κ1) is 27.1. The maximum atomic E-state index is 12.2. The van der Waals surface area contributed by atoms with Crippen LogP contribution in [0.25, 0.3) is 11.2 Å². The van der Waals surface area contributed by atoms with Crippen LogP contribution in [0, 0.1) is 0 Å². The Kier molecular flexibility index (Phi) is 9.38. The van der Waals surface area contributed by atoms with Crippen LogP contribution in [0.15, 0.2) is 29.2 Å². The highest BCUT2D eigenvalue weighted by Gasteiger charge is 2.15. The highest BCUT2D eigenvalue weighted by molar-refractivity contribution is 8.13. The van der Waals surface area contributed by atoms with Gasteiger partial charge >= 0.3 is 5.97 Å². The van der Waals surface area contributed by atoms with Crippen LogP contribution in [0.2, 0.25) is 0 Å². The summed E-state index contributed by atoms with van der Waals surface area (Å²) < 4.78 is 0. The van der Waals surface area contributed by atoms with Gasteiger partial charge in [0.05, 0.1) is 18.4 Å². The quantitative estimate of drug-likeness (QED) is 0.239. The topological polar surface area (TPSA) is 207 Å². The van der Waals surface area contributed by atoms with E-state index in [9.17, 15) is 19.2 Å². The first-order chi connectivity index (χ1) is 17.1. The number of carbonyl (C=O) groups excluding carboxylic acids is 2. The van der Waals surface area contributed by atoms with Crippen molar-refractivity contribution < 1.29 is 19.5 Å². The predicted molar refractivity (Wildman–Crippen MR) is 139 cm³/mol. The summed E-state index contributed by atoms with van der Waals surface area (Å²) in [5.41, 5.74) is 13.8. The third kappa shape index (κ3) is 7.76. The van der Waals surface area contributed by atoms with Gasteiger partial charge in [0, 0.05) is 30.5 Å². The Morgan fingerprint density at radius 2 is 1.92 bits per heavy atom. The number of nitrogens with zero attached hydrogens (tertiary/aromatic N) is 3. The van der Waals surface area contributed by atoms with E-state index in [1.54, 1.807) is 0 Å². The highest BCUT2D eigenvalue weighted by Crippen LogP contribution is 2.26. The Bertz CT molecular complexity index is 1350. The van der Waals surface area contributed by atoms with E-state index in [2.05, 4.69) is 25.3 Å². The van der Waals surface area contributed by atoms with Crippen molar-refractivity contribution in [3.8, 4) is 0 Å². The van der Waals surface area contributed by atoms with Crippen molar-refractivity contribution in [1.29, 1.82) is 0 Å². The minimum Gasteiger partial charge on any atom is -0.480 e. The van der Waals surface area contributed by atoms with Gasteiger partial charge in [-0.3, -0.25) is 24.2 Å². The van der Waals surface area contributed by atoms with Crippen LogP contribution in [0.4, 0.5) is 11.6 Å². The van der Waals surface area contributed by atoms with Crippen LogP contribution in [0.3, 0.4) is 0 Å². The van der Waals surface area contributed by atoms with E-state index < -0.39 is 17.6 Å². The number of aromatic nitrogens is 4. The van der Waals surface area contributed by atoms with Gasteiger partial charge in [-0.25, -0.2) is 9.97 Å². The second kappa shape index (κ2) is 12.5. The molecule has 3 rings (SSSR count). The zero-order chi connectivity index (χ0) is 26.2. The monoisotopic (exact) mass is 531 g/mol. The number of thioether (sulfide) groups is 2. The molecule has 14 heteroatoms. The van der Waals surface area contributed by atoms with Gasteiger partial charge in [0.25, 0.3) is 5.56 Å². The minimum absolute atomic E-state index is 0.0309. The molecule has 12 nitrogen and oxygen atoms in total. The average molecular weight is 532 g/mol. The maximum Gasteiger partial charge on any atom is 0.320 e. The van der Waals surface area contributed by atoms with Gasteiger partial charge in [0.15, 0.2) is 21.4 Å². The van der Waals surface area contributed by atoms with Crippen LogP contribution in [0.1, 0.15) is 36.6 Å². The first-order valence-corrected chi connectivity index (χ1v) is 12.7. The Morgan fingerprint density at radius 1 is 1.17 bits per heavy atom. The fraction of sp³-hybridized carbons (Fsp3) is 0.318. The number of nitrogens with one attached hydrogen (secondary N) is 2. The van der Waals surface area contributed by atoms with Crippen molar-refractivity contribution in [2.45, 2.75) is 43.9 Å². The van der Waals surface area contributed by atoms with Crippen molar-refractivity contribution in [3.05, 3.63) is 51.6 Å². The molecular weight excluding hydrogens is 506 g/mol. The summed E-state index contributed by atoms with van der Waals surface area (Å²) in [5, 5.41) is 11.9. The molecule has 0 aliphatic heterocycles. The summed E-state index contributed by atoms with van der Waals surface area (Å²) in [6, 6.07) is 4.53. The lowest BCUT2D eigenvalue weighted by Crippen LogP contribution is -2.30. The number of fused-ring (bicyclic) bond motifs is 1. The number of nitrogens with two attached hydrogens (primary N) is 2. The molecule has 0 saturated heterocycles. The number of carboxylic acid groups (broad SMARTS) is 1. The standard InChI is InChI=1S/C22H25N7O5S2/c1-11(30)35-10-13-6-14(3-2-12(13)9-36-17(31)5-4-16(23)21(33)34)25-7-15-8-26-19-18(27-15)20(32)29-22(24)28-19/h2-3,6,8,16,25H,4-5,7,9-10,23H2,1H3,(H,33,34)(H3,24,26,28,29,32)/t16-/m0/s1. The third-order valence-electron chi connectivity index (χ3n) is 4.96. The summed E-state index contributed by atoms with van der Waals surface area (Å²) in [6.07, 6.45) is 1.64. The van der Waals surface area contributed by atoms with Crippen molar-refractivity contribution in [2.24, 2.45) is 5.73 Å². The van der Waals surface area contributed by atoms with E-state index in [1.165, 1.54) is 13.1 Å². The maximum absolute atomic E-state index is 12.2. The zero-order valence-electron chi connectivity index (χ0n) is 19.3. The van der Waals surface area contributed by atoms with E-state index >= 15 is 0 Å². The smallest absolute Gasteiger partial charge is 0.320 e. The van der Waals surface area contributed by atoms with E-state index in [4.69, 9.17) is 16.6 Å². The molecule has 1 aromatic carbocycles. The van der Waals surface area contributed by atoms with Crippen molar-refractivity contribution in [2.75, 3.05) is 11.1 Å². The fourth-order valence-electron chi connectivity index (χ4n) is 3.07. The molecule has 0 radical (unpaired) electrons. The molecule has 0 bridgehead atoms. The summed E-state index contributed by atoms with van der Waals surface area (Å²) >= 11 is 2.24. The highest BCUT2D eigenvalue weighted by atomic mass is 32.2. The number of hydrogen-bond acceptors (Lipinski definition) is 12. The molecule has 0 aliphatic carbocycles. The number of carbonyl (C=O) groups is 3. The molecule has 3 aromatic rings. The van der Waals surface area contributed by atoms with Crippen LogP contribution in [0.5, 0.6) is 0 Å². The minimum atomic E-state index is -1.14. The van der Waals surface area contributed by atoms with Crippen LogP contribution >= 0.6 is 23.5 Å². The van der Waals surface area contributed by atoms with Crippen molar-refractivity contribution in [3.63, 3.8) is 0 Å². The van der Waals surface area contributed by atoms with Crippen molar-refractivity contribution in [1.82, 2.24) is 19.9 Å². The Hall–Kier alpha value is -3.49. The molecule has 2 aromatic heterocycles. The predicted octanol–water partition coefficient (Wildman–Crippen LogP) is 1.64. The van der Waals surface area contributed by atoms with Crippen molar-refractivity contribution >= 4 is 62.5 Å². The van der Waals surface area contributed by atoms with E-state index in [0.717, 1.165) is 40.3 Å². The zero-order valence-corrected chi connectivity index (χ0v) is 20.9. The molecular formula is C22H25N7O5S2. The summed E-state index contributed by atoms with van der Waals surface area (Å²) in [6.45, 7) is 1.77. The summed E-state index contributed by atoms with van der Waals surface area (Å²) in [7, 11) is 0. The molecule has 2 heterocycles. The average Bonchev–Trinajstić information content (AvgIpc) is 2.83. The summed E-state index contributed by atoms with van der Waals surface area (Å²) in [5.74, 6) is -0.365. The second-order valence-electron chi connectivity index (χ2n) is 7.75. The van der Waals surface area contributed by atoms with Gasteiger partial charge in [-0.1, -0.05) is 29.6 Å². The number of carboxylic acids is 1. The lowest BCUT2D eigenvalue weighted by molar-refractivity contribution is -0.138. The molecule has 0 amide bonds. The molecule has 0 aliphatic rings. The summed E-state index contributed by atoms with van der Waals surface area (Å²) in [4.78, 5) is 61.4. The van der Waals surface area contributed by atoms with Crippen LogP contribution in [-0.2, 0) is 32.4 Å². The molecule has 0 saturated carbocycles. The SMILES string of the molecule is CC(=O)SCc1cc(NCc2cnc3nc(N)[nH]c(=O)c3n2)ccc1CSC(=O)CC[C@H](N)C(=O)O. The molecule has 36 heavy (non-hydrogen) atoms. The normalized spacial score (nSPS) is 11.8. The molecule has 0 spiro atoms. The molecule has 7 N–H and O–H groups in total. The number of benzene rings is 1. The van der Waals surface area contributed by atoms with Gasteiger partial charge in [-0.15, -0.1) is 0 Å². The Morgan fingerprint density at radius 3 is 2.64 bits per heavy atom. The van der Waals surface area contributed by atoms with Crippen LogP contribution in [-0.4, -0.2) is 47.3 Å². The van der Waals surface area contributed by atoms with E-state index in [-0.39, 0.29) is 46.7 Å². The number of aromatic amines is 1. The van der Waals surface area contributed by atoms with Gasteiger partial charge in [-0.2, -0.15) is 4.98 Å². The largest absolute Gasteiger partial charge is 0.480 e. The number of aliphatic carboxylic acids is 1. The fourth-order valence-corrected chi connectivity index (χ4v) is 4.55. The first-order valence-electron chi connectivity index (χ1n) is 10.8. The lowest BCUT2D eigenvalue weighted by atomic mass is 10.1. The van der Waals surface area contributed by atoms with Crippen LogP contribution < -0.4 is 22.3 Å². The Balaban J connectivity index is 1.68. The third-order valence-corrected chi connectivity index (χ3v) is 6.81. The van der Waals surface area contributed by atoms with Gasteiger partial charge in [0.1, 0.15) is 6.04 Å². The van der Waals surface area contributed by atoms with Gasteiger partial charge < -0.3 is 21.9 Å². The van der Waals surface area contributed by atoms with E-state index in [1.807, 2.05) is 18.2 Å². The molecule has 1 atom stereocenters. The van der Waals surface area contributed by atoms with Gasteiger partial charge in [-0.05, 0) is 29.7 Å². The number of nitrogen functional groups attached to an aromatic ring is 1. The number of anilines is 2. The number of rotatable bonds is 11. The second-order valence-corrected chi connectivity index (χ2v) is 9.93. The van der Waals surface area contributed by atoms with E-state index in [0.29, 0.717) is 17.2 Å². The molecule has 0 fully saturated rings.